The number of ether oxygens (including phenoxy) is 1. The van der Waals surface area contributed by atoms with E-state index in [2.05, 4.69) is 72.7 Å². The summed E-state index contributed by atoms with van der Waals surface area (Å²) >= 11 is 0. The normalized spacial score (nSPS) is 20.7. The molecule has 3 aliphatic rings. The Morgan fingerprint density at radius 3 is 2.41 bits per heavy atom. The number of fused-ring (bicyclic) bond motifs is 5. The minimum absolute atomic E-state index is 0.0765. The van der Waals surface area contributed by atoms with Crippen molar-refractivity contribution in [3.05, 3.63) is 101 Å². The molecule has 0 N–H and O–H groups in total. The van der Waals surface area contributed by atoms with Crippen LogP contribution < -0.4 is 0 Å². The van der Waals surface area contributed by atoms with Gasteiger partial charge in [-0.1, -0.05) is 72.7 Å². The van der Waals surface area contributed by atoms with Crippen LogP contribution in [0.2, 0.25) is 0 Å². The number of carbonyl (C=O) groups is 1. The predicted molar refractivity (Wildman–Crippen MR) is 135 cm³/mol. The largest absolute Gasteiger partial charge is 0.448 e. The highest BCUT2D eigenvalue weighted by atomic mass is 16.6. The third kappa shape index (κ3) is 3.51. The number of rotatable bonds is 3. The minimum atomic E-state index is -0.191. The molecule has 0 radical (unpaired) electrons. The van der Waals surface area contributed by atoms with Gasteiger partial charge in [0.2, 0.25) is 0 Å². The molecule has 34 heavy (non-hydrogen) atoms. The van der Waals surface area contributed by atoms with Gasteiger partial charge in [-0.05, 0) is 71.2 Å². The van der Waals surface area contributed by atoms with Gasteiger partial charge in [0.1, 0.15) is 6.61 Å². The monoisotopic (exact) mass is 445 g/mol. The highest BCUT2D eigenvalue weighted by molar-refractivity contribution is 5.79. The Morgan fingerprint density at radius 2 is 1.71 bits per heavy atom. The third-order valence-electron chi connectivity index (χ3n) is 7.58. The first kappa shape index (κ1) is 20.8. The first-order valence-corrected chi connectivity index (χ1v) is 12.1. The van der Waals surface area contributed by atoms with E-state index in [1.165, 1.54) is 33.4 Å². The molecular formula is C31H27NO2. The molecule has 2 heterocycles. The van der Waals surface area contributed by atoms with E-state index < -0.39 is 0 Å². The van der Waals surface area contributed by atoms with E-state index in [0.29, 0.717) is 6.61 Å². The summed E-state index contributed by atoms with van der Waals surface area (Å²) in [6, 6.07) is 25.3. The van der Waals surface area contributed by atoms with E-state index in [0.717, 1.165) is 31.2 Å². The molecule has 0 aromatic heterocycles. The van der Waals surface area contributed by atoms with Crippen LogP contribution in [0.5, 0.6) is 0 Å². The van der Waals surface area contributed by atoms with Crippen LogP contribution in [0.15, 0.2) is 78.9 Å². The lowest BCUT2D eigenvalue weighted by molar-refractivity contribution is 0.0539. The SMILES string of the molecule is C#Cc1cccc(C2=CC3CCCC(C2)N3C(=O)OCC2c3ccccc3-c3ccccc32)c1. The maximum absolute atomic E-state index is 13.4. The quantitative estimate of drug-likeness (QED) is 0.424. The van der Waals surface area contributed by atoms with Crippen molar-refractivity contribution in [2.24, 2.45) is 0 Å². The molecule has 6 rings (SSSR count). The van der Waals surface area contributed by atoms with Crippen molar-refractivity contribution in [3.63, 3.8) is 0 Å². The van der Waals surface area contributed by atoms with Crippen molar-refractivity contribution < 1.29 is 9.53 Å². The fourth-order valence-corrected chi connectivity index (χ4v) is 6.01. The number of amides is 1. The number of benzene rings is 3. The van der Waals surface area contributed by atoms with Crippen LogP contribution in [-0.4, -0.2) is 29.7 Å². The van der Waals surface area contributed by atoms with Gasteiger partial charge >= 0.3 is 6.09 Å². The third-order valence-corrected chi connectivity index (χ3v) is 7.58. The van der Waals surface area contributed by atoms with Crippen LogP contribution in [0.25, 0.3) is 16.7 Å². The molecule has 2 bridgehead atoms. The number of hydrogen-bond acceptors (Lipinski definition) is 2. The molecular weight excluding hydrogens is 418 g/mol. The number of hydrogen-bond donors (Lipinski definition) is 0. The van der Waals surface area contributed by atoms with Crippen molar-refractivity contribution >= 4 is 11.7 Å². The van der Waals surface area contributed by atoms with Crippen molar-refractivity contribution in [3.8, 4) is 23.5 Å². The van der Waals surface area contributed by atoms with Crippen LogP contribution in [0.4, 0.5) is 4.79 Å². The molecule has 0 spiro atoms. The van der Waals surface area contributed by atoms with Gasteiger partial charge in [-0.25, -0.2) is 4.79 Å². The number of terminal acetylenes is 1. The zero-order valence-corrected chi connectivity index (χ0v) is 19.1. The number of carbonyl (C=O) groups excluding carboxylic acids is 1. The molecule has 1 amide bonds. The van der Waals surface area contributed by atoms with Gasteiger partial charge in [0.05, 0.1) is 6.04 Å². The lowest BCUT2D eigenvalue weighted by Crippen LogP contribution is -2.51. The van der Waals surface area contributed by atoms with Crippen LogP contribution in [0.1, 0.15) is 53.9 Å². The summed E-state index contributed by atoms with van der Waals surface area (Å²) in [5.74, 6) is 2.81. The summed E-state index contributed by atoms with van der Waals surface area (Å²) in [6.07, 6.45) is 11.6. The summed E-state index contributed by atoms with van der Waals surface area (Å²) in [5, 5.41) is 0. The standard InChI is InChI=1S/C31H27NO2/c1-2-21-9-7-10-22(17-21)23-18-24-11-8-12-25(19-23)32(24)31(33)34-20-30-28-15-5-3-13-26(28)27-14-4-6-16-29(27)30/h1,3-7,9-10,13-18,24-25,30H,8,11-12,19-20H2. The average Bonchev–Trinajstić information content (AvgIpc) is 3.20. The van der Waals surface area contributed by atoms with Gasteiger partial charge in [-0.3, -0.25) is 4.90 Å². The van der Waals surface area contributed by atoms with Crippen LogP contribution in [0.3, 0.4) is 0 Å². The molecule has 3 heteroatoms. The lowest BCUT2D eigenvalue weighted by Gasteiger charge is -2.44. The Bertz CT molecular complexity index is 1290. The van der Waals surface area contributed by atoms with Crippen LogP contribution >= 0.6 is 0 Å². The second-order valence-corrected chi connectivity index (χ2v) is 9.48. The molecule has 2 atom stereocenters. The number of nitrogens with zero attached hydrogens (tertiary/aromatic N) is 1. The molecule has 2 aliphatic heterocycles. The van der Waals surface area contributed by atoms with Gasteiger partial charge in [0, 0.05) is 17.5 Å². The summed E-state index contributed by atoms with van der Waals surface area (Å²) in [6.45, 7) is 0.365. The summed E-state index contributed by atoms with van der Waals surface area (Å²) in [7, 11) is 0. The van der Waals surface area contributed by atoms with Gasteiger partial charge in [0.25, 0.3) is 0 Å². The molecule has 3 aromatic rings. The first-order valence-electron chi connectivity index (χ1n) is 12.1. The van der Waals surface area contributed by atoms with Crippen molar-refractivity contribution in [2.45, 2.75) is 43.7 Å². The Hall–Kier alpha value is -3.77. The van der Waals surface area contributed by atoms with E-state index in [-0.39, 0.29) is 24.1 Å². The molecule has 1 fully saturated rings. The second kappa shape index (κ2) is 8.54. The van der Waals surface area contributed by atoms with Gasteiger partial charge in [-0.15, -0.1) is 6.42 Å². The van der Waals surface area contributed by atoms with Gasteiger partial charge in [-0.2, -0.15) is 0 Å². The van der Waals surface area contributed by atoms with Crippen LogP contribution in [-0.2, 0) is 4.74 Å². The number of piperidine rings is 1. The highest BCUT2D eigenvalue weighted by Crippen LogP contribution is 2.45. The van der Waals surface area contributed by atoms with Crippen LogP contribution in [0, 0.1) is 12.3 Å². The lowest BCUT2D eigenvalue weighted by atomic mass is 9.83. The first-order chi connectivity index (χ1) is 16.7. The van der Waals surface area contributed by atoms with Crippen molar-refractivity contribution in [2.75, 3.05) is 6.61 Å². The second-order valence-electron chi connectivity index (χ2n) is 9.48. The fraction of sp³-hybridized carbons (Fsp3) is 0.258. The zero-order chi connectivity index (χ0) is 23.1. The van der Waals surface area contributed by atoms with Gasteiger partial charge in [0.15, 0.2) is 0 Å². The minimum Gasteiger partial charge on any atom is -0.448 e. The Morgan fingerprint density at radius 1 is 0.971 bits per heavy atom. The average molecular weight is 446 g/mol. The molecule has 3 aromatic carbocycles. The highest BCUT2D eigenvalue weighted by Gasteiger charge is 2.39. The van der Waals surface area contributed by atoms with E-state index in [9.17, 15) is 4.79 Å². The van der Waals surface area contributed by atoms with Crippen molar-refractivity contribution in [1.82, 2.24) is 4.90 Å². The molecule has 168 valence electrons. The summed E-state index contributed by atoms with van der Waals surface area (Å²) < 4.78 is 6.02. The summed E-state index contributed by atoms with van der Waals surface area (Å²) in [4.78, 5) is 15.4. The van der Waals surface area contributed by atoms with E-state index in [1.54, 1.807) is 0 Å². The Balaban J connectivity index is 1.22. The fourth-order valence-electron chi connectivity index (χ4n) is 6.01. The van der Waals surface area contributed by atoms with E-state index >= 15 is 0 Å². The van der Waals surface area contributed by atoms with E-state index in [1.807, 2.05) is 17.0 Å². The molecule has 2 unspecified atom stereocenters. The molecule has 0 saturated carbocycles. The van der Waals surface area contributed by atoms with E-state index in [4.69, 9.17) is 11.2 Å². The van der Waals surface area contributed by atoms with Crippen molar-refractivity contribution in [1.29, 1.82) is 0 Å². The predicted octanol–water partition coefficient (Wildman–Crippen LogP) is 6.63. The zero-order valence-electron chi connectivity index (χ0n) is 19.1. The van der Waals surface area contributed by atoms with Gasteiger partial charge < -0.3 is 4.74 Å². The summed E-state index contributed by atoms with van der Waals surface area (Å²) in [5.41, 5.74) is 8.32. The molecule has 1 aliphatic carbocycles. The topological polar surface area (TPSA) is 29.5 Å². The molecule has 1 saturated heterocycles. The maximum Gasteiger partial charge on any atom is 0.410 e. The maximum atomic E-state index is 13.4. The Kier molecular flexibility index (Phi) is 5.23. The molecule has 3 nitrogen and oxygen atoms in total. The smallest absolute Gasteiger partial charge is 0.410 e. The Labute approximate surface area is 201 Å².